The standard InChI is InChI=1S/C18H18O3/c1-3-7-17(19)21-16-11-10-15(12-13(16)2)18(20)14-8-5-4-6-9-14/h4-6,8-12H,3,7H2,1-2H3. The molecule has 0 saturated carbocycles. The second kappa shape index (κ2) is 6.84. The van der Waals surface area contributed by atoms with Crippen LogP contribution in [-0.2, 0) is 4.79 Å². The minimum atomic E-state index is -0.247. The summed E-state index contributed by atoms with van der Waals surface area (Å²) in [5, 5.41) is 0. The summed E-state index contributed by atoms with van der Waals surface area (Å²) in [5.74, 6) is 0.228. The molecule has 0 spiro atoms. The Kier molecular flexibility index (Phi) is 4.88. The van der Waals surface area contributed by atoms with Gasteiger partial charge in [-0.15, -0.1) is 0 Å². The number of ketones is 1. The Hall–Kier alpha value is -2.42. The Balaban J connectivity index is 2.19. The lowest BCUT2D eigenvalue weighted by Crippen LogP contribution is -2.08. The first-order valence-electron chi connectivity index (χ1n) is 7.03. The van der Waals surface area contributed by atoms with Crippen molar-refractivity contribution in [2.75, 3.05) is 0 Å². The fourth-order valence-corrected chi connectivity index (χ4v) is 2.04. The van der Waals surface area contributed by atoms with Crippen LogP contribution in [0.2, 0.25) is 0 Å². The maximum atomic E-state index is 12.3. The van der Waals surface area contributed by atoms with E-state index in [4.69, 9.17) is 4.74 Å². The highest BCUT2D eigenvalue weighted by Gasteiger charge is 2.12. The molecule has 2 rings (SSSR count). The first-order valence-corrected chi connectivity index (χ1v) is 7.03. The first-order chi connectivity index (χ1) is 10.1. The normalized spacial score (nSPS) is 10.2. The van der Waals surface area contributed by atoms with Crippen LogP contribution in [0.3, 0.4) is 0 Å². The van der Waals surface area contributed by atoms with Crippen LogP contribution in [0.1, 0.15) is 41.3 Å². The molecule has 2 aromatic rings. The molecule has 2 aromatic carbocycles. The van der Waals surface area contributed by atoms with Gasteiger partial charge in [-0.2, -0.15) is 0 Å². The molecular weight excluding hydrogens is 264 g/mol. The molecular formula is C18H18O3. The number of aryl methyl sites for hydroxylation is 1. The van der Waals surface area contributed by atoms with E-state index in [0.29, 0.717) is 23.3 Å². The van der Waals surface area contributed by atoms with Crippen molar-refractivity contribution in [2.45, 2.75) is 26.7 Å². The van der Waals surface area contributed by atoms with Gasteiger partial charge in [-0.1, -0.05) is 37.3 Å². The van der Waals surface area contributed by atoms with Crippen molar-refractivity contribution < 1.29 is 14.3 Å². The molecule has 21 heavy (non-hydrogen) atoms. The van der Waals surface area contributed by atoms with Crippen LogP contribution >= 0.6 is 0 Å². The summed E-state index contributed by atoms with van der Waals surface area (Å²) in [5.41, 5.74) is 2.02. The second-order valence-electron chi connectivity index (χ2n) is 4.90. The zero-order valence-electron chi connectivity index (χ0n) is 12.3. The molecule has 3 heteroatoms. The van der Waals surface area contributed by atoms with Crippen molar-refractivity contribution in [1.82, 2.24) is 0 Å². The molecule has 0 aliphatic rings. The van der Waals surface area contributed by atoms with Gasteiger partial charge in [0, 0.05) is 17.5 Å². The number of carbonyl (C=O) groups excluding carboxylic acids is 2. The van der Waals surface area contributed by atoms with Gasteiger partial charge in [-0.25, -0.2) is 0 Å². The van der Waals surface area contributed by atoms with Crippen molar-refractivity contribution in [3.8, 4) is 5.75 Å². The molecule has 0 aliphatic carbocycles. The minimum absolute atomic E-state index is 0.0369. The van der Waals surface area contributed by atoms with E-state index in [0.717, 1.165) is 12.0 Å². The predicted octanol–water partition coefficient (Wildman–Crippen LogP) is 3.93. The van der Waals surface area contributed by atoms with Gasteiger partial charge in [0.15, 0.2) is 5.78 Å². The highest BCUT2D eigenvalue weighted by atomic mass is 16.5. The van der Waals surface area contributed by atoms with Gasteiger partial charge in [0.2, 0.25) is 0 Å². The number of benzene rings is 2. The number of esters is 1. The average molecular weight is 282 g/mol. The number of hydrogen-bond donors (Lipinski definition) is 0. The molecule has 0 fully saturated rings. The van der Waals surface area contributed by atoms with Crippen LogP contribution in [0.5, 0.6) is 5.75 Å². The fourth-order valence-electron chi connectivity index (χ4n) is 2.04. The van der Waals surface area contributed by atoms with Gasteiger partial charge in [-0.3, -0.25) is 9.59 Å². The van der Waals surface area contributed by atoms with Gasteiger partial charge in [0.25, 0.3) is 0 Å². The van der Waals surface area contributed by atoms with Crippen LogP contribution < -0.4 is 4.74 Å². The highest BCUT2D eigenvalue weighted by Crippen LogP contribution is 2.21. The van der Waals surface area contributed by atoms with E-state index in [9.17, 15) is 9.59 Å². The van der Waals surface area contributed by atoms with E-state index >= 15 is 0 Å². The van der Waals surface area contributed by atoms with E-state index in [-0.39, 0.29) is 11.8 Å². The van der Waals surface area contributed by atoms with Crippen molar-refractivity contribution in [3.63, 3.8) is 0 Å². The predicted molar refractivity (Wildman–Crippen MR) is 81.6 cm³/mol. The van der Waals surface area contributed by atoms with Crippen LogP contribution in [-0.4, -0.2) is 11.8 Å². The second-order valence-corrected chi connectivity index (χ2v) is 4.90. The molecule has 0 amide bonds. The molecule has 0 bridgehead atoms. The molecule has 108 valence electrons. The van der Waals surface area contributed by atoms with Crippen LogP contribution in [0.25, 0.3) is 0 Å². The van der Waals surface area contributed by atoms with E-state index in [1.165, 1.54) is 0 Å². The Labute approximate surface area is 124 Å². The lowest BCUT2D eigenvalue weighted by atomic mass is 10.0. The summed E-state index contributed by atoms with van der Waals surface area (Å²) in [6, 6.07) is 14.2. The lowest BCUT2D eigenvalue weighted by molar-refractivity contribution is -0.134. The zero-order valence-corrected chi connectivity index (χ0v) is 12.3. The van der Waals surface area contributed by atoms with Gasteiger partial charge < -0.3 is 4.74 Å². The third kappa shape index (κ3) is 3.78. The summed E-state index contributed by atoms with van der Waals surface area (Å²) < 4.78 is 5.28. The number of ether oxygens (including phenoxy) is 1. The Morgan fingerprint density at radius 1 is 1.00 bits per heavy atom. The fraction of sp³-hybridized carbons (Fsp3) is 0.222. The topological polar surface area (TPSA) is 43.4 Å². The van der Waals surface area contributed by atoms with E-state index in [1.807, 2.05) is 32.0 Å². The van der Waals surface area contributed by atoms with Gasteiger partial charge in [0.05, 0.1) is 0 Å². The largest absolute Gasteiger partial charge is 0.426 e. The molecule has 0 aliphatic heterocycles. The van der Waals surface area contributed by atoms with Gasteiger partial charge in [-0.05, 0) is 37.1 Å². The van der Waals surface area contributed by atoms with E-state index in [1.54, 1.807) is 30.3 Å². The van der Waals surface area contributed by atoms with Gasteiger partial charge >= 0.3 is 5.97 Å². The zero-order chi connectivity index (χ0) is 15.2. The third-order valence-electron chi connectivity index (χ3n) is 3.15. The Morgan fingerprint density at radius 3 is 2.33 bits per heavy atom. The Morgan fingerprint density at radius 2 is 1.71 bits per heavy atom. The van der Waals surface area contributed by atoms with Crippen molar-refractivity contribution in [1.29, 1.82) is 0 Å². The summed E-state index contributed by atoms with van der Waals surface area (Å²) in [4.78, 5) is 23.8. The number of hydrogen-bond acceptors (Lipinski definition) is 3. The van der Waals surface area contributed by atoms with E-state index < -0.39 is 0 Å². The van der Waals surface area contributed by atoms with Crippen LogP contribution in [0.4, 0.5) is 0 Å². The minimum Gasteiger partial charge on any atom is -0.426 e. The maximum absolute atomic E-state index is 12.3. The third-order valence-corrected chi connectivity index (χ3v) is 3.15. The quantitative estimate of drug-likeness (QED) is 0.474. The van der Waals surface area contributed by atoms with Crippen LogP contribution in [0, 0.1) is 6.92 Å². The van der Waals surface area contributed by atoms with Crippen LogP contribution in [0.15, 0.2) is 48.5 Å². The van der Waals surface area contributed by atoms with Crippen molar-refractivity contribution in [2.24, 2.45) is 0 Å². The van der Waals surface area contributed by atoms with E-state index in [2.05, 4.69) is 0 Å². The first kappa shape index (κ1) is 15.0. The van der Waals surface area contributed by atoms with Crippen molar-refractivity contribution >= 4 is 11.8 Å². The molecule has 0 unspecified atom stereocenters. The summed E-state index contributed by atoms with van der Waals surface area (Å²) >= 11 is 0. The van der Waals surface area contributed by atoms with Gasteiger partial charge in [0.1, 0.15) is 5.75 Å². The highest BCUT2D eigenvalue weighted by molar-refractivity contribution is 6.09. The number of rotatable bonds is 5. The summed E-state index contributed by atoms with van der Waals surface area (Å²) in [6.45, 7) is 3.76. The summed E-state index contributed by atoms with van der Waals surface area (Å²) in [7, 11) is 0. The smallest absolute Gasteiger partial charge is 0.311 e. The lowest BCUT2D eigenvalue weighted by Gasteiger charge is -2.08. The maximum Gasteiger partial charge on any atom is 0.311 e. The molecule has 0 N–H and O–H groups in total. The molecule has 0 radical (unpaired) electrons. The summed E-state index contributed by atoms with van der Waals surface area (Å²) in [6.07, 6.45) is 1.15. The Bertz CT molecular complexity index is 645. The molecule has 0 heterocycles. The van der Waals surface area contributed by atoms with Crippen molar-refractivity contribution in [3.05, 3.63) is 65.2 Å². The molecule has 3 nitrogen and oxygen atoms in total. The molecule has 0 saturated heterocycles. The SMILES string of the molecule is CCCC(=O)Oc1ccc(C(=O)c2ccccc2)cc1C. The average Bonchev–Trinajstić information content (AvgIpc) is 2.50. The molecule has 0 atom stereocenters. The molecule has 0 aromatic heterocycles. The number of carbonyl (C=O) groups is 2. The monoisotopic (exact) mass is 282 g/mol.